The number of aromatic nitrogens is 2. The van der Waals surface area contributed by atoms with Crippen molar-refractivity contribution in [3.8, 4) is 0 Å². The third kappa shape index (κ3) is 5.60. The van der Waals surface area contributed by atoms with Crippen LogP contribution in [0, 0.1) is 6.92 Å². The predicted octanol–water partition coefficient (Wildman–Crippen LogP) is 4.66. The number of amidine groups is 1. The van der Waals surface area contributed by atoms with Crippen LogP contribution in [0.2, 0.25) is 0 Å². The molecule has 2 heterocycles. The molecule has 2 aromatic rings. The normalized spacial score (nSPS) is 22.4. The van der Waals surface area contributed by atoms with Crippen molar-refractivity contribution in [1.82, 2.24) is 19.4 Å². The Morgan fingerprint density at radius 2 is 1.98 bits per heavy atom. The van der Waals surface area contributed by atoms with E-state index in [4.69, 9.17) is 19.7 Å². The smallest absolute Gasteiger partial charge is 0.268 e. The molecule has 11 heteroatoms. The Kier molecular flexibility index (Phi) is 8.72. The van der Waals surface area contributed by atoms with Crippen LogP contribution in [0.5, 0.6) is 0 Å². The first-order valence-corrected chi connectivity index (χ1v) is 15.7. The van der Waals surface area contributed by atoms with Crippen molar-refractivity contribution >= 4 is 22.1 Å². The second-order valence-corrected chi connectivity index (χ2v) is 12.1. The molecule has 2 aliphatic carbocycles. The number of hydrogen-bond donors (Lipinski definition) is 1. The number of unbranched alkanes of at least 4 members (excludes halogenated alkanes) is 1. The monoisotopic (exact) mass is 579 g/mol. The number of benzene rings is 1. The van der Waals surface area contributed by atoms with Gasteiger partial charge in [0.15, 0.2) is 5.84 Å². The van der Waals surface area contributed by atoms with Gasteiger partial charge in [-0.15, -0.1) is 10.8 Å². The number of hydroxylamine groups is 1. The van der Waals surface area contributed by atoms with Gasteiger partial charge in [0.25, 0.3) is 10.0 Å². The Hall–Kier alpha value is -3.34. The second-order valence-electron chi connectivity index (χ2n) is 10.4. The maximum Gasteiger partial charge on any atom is 0.268 e. The molecule has 10 nitrogen and oxygen atoms in total. The molecule has 218 valence electrons. The molecular weight excluding hydrogens is 542 g/mol. The standard InChI is InChI=1S/C30H37N5O5S/c1-4-6-20-40-35(41(37,38)25-14-8-7-9-15-25)30(39-5-2)18-16-23(17-19-30)28-32-26(21-36)27-22(3)31-29(34(27)33-28)24-12-10-11-13-24/h7-9,14-16,18-19,21,24,26H,4-6,10-13,20H2,1-3H3,(H,32,33). The molecule has 41 heavy (non-hydrogen) atoms. The minimum atomic E-state index is -4.12. The molecule has 0 bridgehead atoms. The van der Waals surface area contributed by atoms with Gasteiger partial charge in [0.2, 0.25) is 5.72 Å². The van der Waals surface area contributed by atoms with Crippen LogP contribution >= 0.6 is 0 Å². The molecule has 0 spiro atoms. The molecule has 1 saturated carbocycles. The topological polar surface area (TPSA) is 115 Å². The number of carbonyl (C=O) groups is 1. The molecular formula is C30H37N5O5S. The van der Waals surface area contributed by atoms with Gasteiger partial charge in [-0.3, -0.25) is 4.84 Å². The van der Waals surface area contributed by atoms with Gasteiger partial charge >= 0.3 is 0 Å². The van der Waals surface area contributed by atoms with Gasteiger partial charge in [-0.2, -0.15) is 0 Å². The third-order valence-corrected chi connectivity index (χ3v) is 9.24. The Morgan fingerprint density at radius 1 is 1.22 bits per heavy atom. The number of hydrogen-bond acceptors (Lipinski definition) is 8. The lowest BCUT2D eigenvalue weighted by molar-refractivity contribution is -0.210. The fourth-order valence-corrected chi connectivity index (χ4v) is 6.94. The van der Waals surface area contributed by atoms with Crippen molar-refractivity contribution in [2.45, 2.75) is 81.9 Å². The number of carbonyl (C=O) groups excluding carboxylic acids is 1. The highest BCUT2D eigenvalue weighted by Gasteiger charge is 2.45. The highest BCUT2D eigenvalue weighted by molar-refractivity contribution is 7.89. The molecule has 1 N–H and O–H groups in total. The van der Waals surface area contributed by atoms with Crippen LogP contribution in [0.1, 0.15) is 81.5 Å². The van der Waals surface area contributed by atoms with E-state index in [1.165, 1.54) is 18.2 Å². The summed E-state index contributed by atoms with van der Waals surface area (Å²) >= 11 is 0. The number of aryl methyl sites for hydroxylation is 1. The molecule has 0 radical (unpaired) electrons. The Morgan fingerprint density at radius 3 is 2.61 bits per heavy atom. The van der Waals surface area contributed by atoms with E-state index in [9.17, 15) is 13.2 Å². The van der Waals surface area contributed by atoms with Crippen LogP contribution in [0.25, 0.3) is 0 Å². The predicted molar refractivity (Wildman–Crippen MR) is 154 cm³/mol. The summed E-state index contributed by atoms with van der Waals surface area (Å²) in [6.45, 7) is 6.10. The van der Waals surface area contributed by atoms with Gasteiger partial charge in [-0.25, -0.2) is 18.1 Å². The van der Waals surface area contributed by atoms with Crippen LogP contribution in [0.4, 0.5) is 0 Å². The molecule has 0 saturated heterocycles. The lowest BCUT2D eigenvalue weighted by atomic mass is 10.0. The Labute approximate surface area is 241 Å². The van der Waals surface area contributed by atoms with Crippen molar-refractivity contribution in [3.63, 3.8) is 0 Å². The minimum absolute atomic E-state index is 0.0850. The molecule has 5 rings (SSSR count). The lowest BCUT2D eigenvalue weighted by Gasteiger charge is -2.37. The molecule has 0 amide bonds. The van der Waals surface area contributed by atoms with Crippen molar-refractivity contribution in [2.75, 3.05) is 13.2 Å². The van der Waals surface area contributed by atoms with E-state index in [1.54, 1.807) is 37.3 Å². The SMILES string of the molecule is CCCCON(C1(OCC)C=C=C(C2=Nn3c(C4CCCC4)nc(C)c3C(C=O)N2)C=C1)S(=O)(=O)c1ccccc1. The molecule has 1 aromatic heterocycles. The van der Waals surface area contributed by atoms with Crippen LogP contribution in [0.3, 0.4) is 0 Å². The van der Waals surface area contributed by atoms with E-state index in [-0.39, 0.29) is 18.1 Å². The van der Waals surface area contributed by atoms with Gasteiger partial charge in [0.05, 0.1) is 28.5 Å². The number of aldehydes is 1. The molecule has 1 aromatic carbocycles. The van der Waals surface area contributed by atoms with Gasteiger partial charge in [-0.1, -0.05) is 44.4 Å². The van der Waals surface area contributed by atoms with Crippen molar-refractivity contribution in [1.29, 1.82) is 0 Å². The molecule has 2 atom stereocenters. The van der Waals surface area contributed by atoms with E-state index in [0.717, 1.165) is 60.1 Å². The number of ether oxygens (including phenoxy) is 1. The largest absolute Gasteiger partial charge is 0.353 e. The number of imidazole rings is 1. The van der Waals surface area contributed by atoms with E-state index < -0.39 is 21.8 Å². The second kappa shape index (κ2) is 12.3. The van der Waals surface area contributed by atoms with Gasteiger partial charge in [0, 0.05) is 18.6 Å². The first kappa shape index (κ1) is 29.2. The summed E-state index contributed by atoms with van der Waals surface area (Å²) in [5.74, 6) is 1.61. The molecule has 2 unspecified atom stereocenters. The van der Waals surface area contributed by atoms with E-state index in [1.807, 2.05) is 18.5 Å². The summed E-state index contributed by atoms with van der Waals surface area (Å²) in [5.41, 5.74) is 3.67. The minimum Gasteiger partial charge on any atom is -0.353 e. The van der Waals surface area contributed by atoms with E-state index in [0.29, 0.717) is 23.7 Å². The van der Waals surface area contributed by atoms with Crippen molar-refractivity contribution in [3.05, 3.63) is 77.1 Å². The van der Waals surface area contributed by atoms with E-state index >= 15 is 0 Å². The summed E-state index contributed by atoms with van der Waals surface area (Å²) in [6.07, 6.45) is 11.6. The van der Waals surface area contributed by atoms with Crippen molar-refractivity contribution in [2.24, 2.45) is 5.10 Å². The van der Waals surface area contributed by atoms with Crippen molar-refractivity contribution < 1.29 is 22.8 Å². The number of fused-ring (bicyclic) bond motifs is 1. The summed E-state index contributed by atoms with van der Waals surface area (Å²) in [7, 11) is -4.12. The summed E-state index contributed by atoms with van der Waals surface area (Å²) in [5, 5.41) is 8.06. The Bertz CT molecular complexity index is 1500. The zero-order chi connectivity index (χ0) is 29.0. The lowest BCUT2D eigenvalue weighted by Crippen LogP contribution is -2.51. The number of nitrogens with zero attached hydrogens (tertiary/aromatic N) is 4. The first-order chi connectivity index (χ1) is 19.8. The first-order valence-electron chi connectivity index (χ1n) is 14.3. The highest BCUT2D eigenvalue weighted by Crippen LogP contribution is 2.37. The number of rotatable bonds is 12. The fraction of sp³-hybridized carbons (Fsp3) is 0.467. The summed E-state index contributed by atoms with van der Waals surface area (Å²) < 4.78 is 36.4. The zero-order valence-corrected chi connectivity index (χ0v) is 24.6. The summed E-state index contributed by atoms with van der Waals surface area (Å²) in [6, 6.07) is 7.50. The molecule has 3 aliphatic rings. The van der Waals surface area contributed by atoms with Crippen LogP contribution in [-0.2, 0) is 24.4 Å². The number of nitrogens with one attached hydrogen (secondary N) is 1. The van der Waals surface area contributed by atoms with Gasteiger partial charge in [0.1, 0.15) is 18.2 Å². The average Bonchev–Trinajstić information content (AvgIpc) is 3.64. The molecule has 1 aliphatic heterocycles. The highest BCUT2D eigenvalue weighted by atomic mass is 32.2. The Balaban J connectivity index is 1.57. The van der Waals surface area contributed by atoms with Crippen LogP contribution < -0.4 is 5.32 Å². The van der Waals surface area contributed by atoms with E-state index in [2.05, 4.69) is 11.0 Å². The summed E-state index contributed by atoms with van der Waals surface area (Å²) in [4.78, 5) is 23.0. The quantitative estimate of drug-likeness (QED) is 0.128. The molecule has 1 fully saturated rings. The van der Waals surface area contributed by atoms with Crippen LogP contribution in [0.15, 0.2) is 69.9 Å². The van der Waals surface area contributed by atoms with Gasteiger partial charge < -0.3 is 14.8 Å². The third-order valence-electron chi connectivity index (χ3n) is 7.55. The van der Waals surface area contributed by atoms with Crippen LogP contribution in [-0.4, -0.2) is 53.6 Å². The average molecular weight is 580 g/mol. The van der Waals surface area contributed by atoms with Gasteiger partial charge in [-0.05, 0) is 61.9 Å². The maximum atomic E-state index is 13.8. The fourth-order valence-electron chi connectivity index (χ4n) is 5.49. The number of sulfonamides is 1. The zero-order valence-electron chi connectivity index (χ0n) is 23.7. The maximum absolute atomic E-state index is 13.8.